The highest BCUT2D eigenvalue weighted by Crippen LogP contribution is 2.31. The zero-order chi connectivity index (χ0) is 25.1. The van der Waals surface area contributed by atoms with Gasteiger partial charge in [-0.05, 0) is 50.5 Å². The molecule has 3 heterocycles. The van der Waals surface area contributed by atoms with E-state index in [9.17, 15) is 9.59 Å². The zero-order valence-electron chi connectivity index (χ0n) is 19.9. The Hall–Kier alpha value is -4.71. The SMILES string of the molecule is CC#CC(=O)N(C)C(C)c1nc(-c2ccc(C(=O)Nc3ccc(C)cn3)cc2)c2c(N)nccn12. The van der Waals surface area contributed by atoms with Gasteiger partial charge in [-0.25, -0.2) is 15.0 Å². The molecule has 0 fully saturated rings. The quantitative estimate of drug-likeness (QED) is 0.434. The van der Waals surface area contributed by atoms with Crippen LogP contribution in [0.2, 0.25) is 0 Å². The van der Waals surface area contributed by atoms with E-state index in [1.54, 1.807) is 62.9 Å². The number of carbonyl (C=O) groups excluding carboxylic acids is 2. The third-order valence-electron chi connectivity index (χ3n) is 5.69. The van der Waals surface area contributed by atoms with E-state index >= 15 is 0 Å². The number of anilines is 2. The third-order valence-corrected chi connectivity index (χ3v) is 5.69. The number of fused-ring (bicyclic) bond motifs is 1. The summed E-state index contributed by atoms with van der Waals surface area (Å²) in [6.45, 7) is 5.42. The van der Waals surface area contributed by atoms with Gasteiger partial charge < -0.3 is 16.0 Å². The highest BCUT2D eigenvalue weighted by Gasteiger charge is 2.24. The van der Waals surface area contributed by atoms with Gasteiger partial charge in [0.25, 0.3) is 11.8 Å². The molecule has 0 aliphatic heterocycles. The van der Waals surface area contributed by atoms with E-state index in [0.29, 0.717) is 34.2 Å². The van der Waals surface area contributed by atoms with Gasteiger partial charge in [-0.3, -0.25) is 14.0 Å². The average Bonchev–Trinajstić information content (AvgIpc) is 3.25. The van der Waals surface area contributed by atoms with Crippen molar-refractivity contribution in [2.75, 3.05) is 18.1 Å². The molecule has 1 atom stereocenters. The summed E-state index contributed by atoms with van der Waals surface area (Å²) in [6.07, 6.45) is 5.04. The second kappa shape index (κ2) is 9.65. The molecular formula is C26H25N7O2. The number of carbonyl (C=O) groups is 2. The monoisotopic (exact) mass is 467 g/mol. The Labute approximate surface area is 203 Å². The molecule has 4 aromatic rings. The van der Waals surface area contributed by atoms with Crippen LogP contribution in [0.1, 0.15) is 41.6 Å². The zero-order valence-corrected chi connectivity index (χ0v) is 19.9. The normalized spacial score (nSPS) is 11.4. The van der Waals surface area contributed by atoms with Crippen molar-refractivity contribution >= 4 is 29.0 Å². The van der Waals surface area contributed by atoms with Crippen molar-refractivity contribution in [3.05, 3.63) is 71.9 Å². The van der Waals surface area contributed by atoms with Crippen LogP contribution in [0, 0.1) is 18.8 Å². The number of aromatic nitrogens is 4. The summed E-state index contributed by atoms with van der Waals surface area (Å²) in [6, 6.07) is 10.3. The molecule has 0 aliphatic rings. The van der Waals surface area contributed by atoms with Crippen LogP contribution in [0.3, 0.4) is 0 Å². The minimum absolute atomic E-state index is 0.268. The molecule has 0 spiro atoms. The molecule has 9 heteroatoms. The topological polar surface area (TPSA) is 119 Å². The van der Waals surface area contributed by atoms with Crippen LogP contribution in [0.25, 0.3) is 16.8 Å². The Kier molecular flexibility index (Phi) is 6.46. The van der Waals surface area contributed by atoms with Crippen molar-refractivity contribution in [1.29, 1.82) is 0 Å². The molecule has 0 bridgehead atoms. The summed E-state index contributed by atoms with van der Waals surface area (Å²) in [5, 5.41) is 2.79. The maximum absolute atomic E-state index is 12.6. The Bertz CT molecular complexity index is 1460. The van der Waals surface area contributed by atoms with Crippen molar-refractivity contribution in [2.24, 2.45) is 0 Å². The molecule has 4 rings (SSSR count). The van der Waals surface area contributed by atoms with E-state index < -0.39 is 0 Å². The summed E-state index contributed by atoms with van der Waals surface area (Å²) >= 11 is 0. The standard InChI is InChI=1S/C26H25N7O2/c1-5-6-21(34)32(4)17(3)25-31-22(23-24(27)28-13-14-33(23)25)18-8-10-19(11-9-18)26(35)30-20-12-7-16(2)15-29-20/h7-15,17H,1-4H3,(H2,27,28)(H,29,30,35). The number of nitrogen functional groups attached to an aromatic ring is 1. The van der Waals surface area contributed by atoms with Gasteiger partial charge in [-0.1, -0.05) is 24.1 Å². The molecule has 0 saturated heterocycles. The van der Waals surface area contributed by atoms with Gasteiger partial charge in [-0.15, -0.1) is 0 Å². The summed E-state index contributed by atoms with van der Waals surface area (Å²) in [7, 11) is 1.68. The molecule has 0 radical (unpaired) electrons. The van der Waals surface area contributed by atoms with E-state index in [4.69, 9.17) is 10.7 Å². The molecular weight excluding hydrogens is 442 g/mol. The van der Waals surface area contributed by atoms with Gasteiger partial charge in [0.05, 0.1) is 6.04 Å². The lowest BCUT2D eigenvalue weighted by Crippen LogP contribution is -2.29. The lowest BCUT2D eigenvalue weighted by Gasteiger charge is -2.21. The summed E-state index contributed by atoms with van der Waals surface area (Å²) < 4.78 is 1.83. The fourth-order valence-corrected chi connectivity index (χ4v) is 3.64. The fraction of sp³-hybridized carbons (Fsp3) is 0.192. The Morgan fingerprint density at radius 2 is 1.89 bits per heavy atom. The number of pyridine rings is 1. The van der Waals surface area contributed by atoms with Crippen LogP contribution in [0.15, 0.2) is 55.0 Å². The number of benzene rings is 1. The second-order valence-corrected chi connectivity index (χ2v) is 8.07. The van der Waals surface area contributed by atoms with E-state index in [1.807, 2.05) is 24.3 Å². The first-order chi connectivity index (χ1) is 16.8. The van der Waals surface area contributed by atoms with Gasteiger partial charge in [0, 0.05) is 36.8 Å². The van der Waals surface area contributed by atoms with Crippen molar-refractivity contribution in [3.63, 3.8) is 0 Å². The van der Waals surface area contributed by atoms with Gasteiger partial charge in [-0.2, -0.15) is 0 Å². The Morgan fingerprint density at radius 3 is 2.54 bits per heavy atom. The van der Waals surface area contributed by atoms with E-state index in [1.165, 1.54) is 4.90 Å². The largest absolute Gasteiger partial charge is 0.382 e. The molecule has 3 N–H and O–H groups in total. The van der Waals surface area contributed by atoms with E-state index in [0.717, 1.165) is 11.1 Å². The van der Waals surface area contributed by atoms with Crippen molar-refractivity contribution in [2.45, 2.75) is 26.8 Å². The Balaban J connectivity index is 1.68. The number of amides is 2. The van der Waals surface area contributed by atoms with Gasteiger partial charge >= 0.3 is 0 Å². The molecule has 35 heavy (non-hydrogen) atoms. The van der Waals surface area contributed by atoms with Crippen molar-refractivity contribution < 1.29 is 9.59 Å². The summed E-state index contributed by atoms with van der Waals surface area (Å²) in [4.78, 5) is 39.7. The number of hydrogen-bond acceptors (Lipinski definition) is 6. The highest BCUT2D eigenvalue weighted by molar-refractivity contribution is 6.04. The van der Waals surface area contributed by atoms with Gasteiger partial charge in [0.1, 0.15) is 28.7 Å². The minimum atomic E-state index is -0.376. The van der Waals surface area contributed by atoms with Gasteiger partial charge in [0.15, 0.2) is 0 Å². The fourth-order valence-electron chi connectivity index (χ4n) is 3.64. The number of hydrogen-bond donors (Lipinski definition) is 2. The molecule has 3 aromatic heterocycles. The second-order valence-electron chi connectivity index (χ2n) is 8.07. The molecule has 0 aliphatic carbocycles. The predicted molar refractivity (Wildman–Crippen MR) is 134 cm³/mol. The predicted octanol–water partition coefficient (Wildman–Crippen LogP) is 3.48. The lowest BCUT2D eigenvalue weighted by atomic mass is 10.1. The van der Waals surface area contributed by atoms with E-state index in [-0.39, 0.29) is 17.9 Å². The number of nitrogens with one attached hydrogen (secondary N) is 1. The van der Waals surface area contributed by atoms with Gasteiger partial charge in [0.2, 0.25) is 0 Å². The van der Waals surface area contributed by atoms with Crippen LogP contribution in [0.5, 0.6) is 0 Å². The van der Waals surface area contributed by atoms with Crippen LogP contribution in [-0.4, -0.2) is 43.1 Å². The molecule has 1 aromatic carbocycles. The lowest BCUT2D eigenvalue weighted by molar-refractivity contribution is -0.125. The number of aryl methyl sites for hydroxylation is 1. The number of nitrogens with two attached hydrogens (primary N) is 1. The maximum atomic E-state index is 12.6. The maximum Gasteiger partial charge on any atom is 0.298 e. The van der Waals surface area contributed by atoms with Crippen LogP contribution in [-0.2, 0) is 4.79 Å². The minimum Gasteiger partial charge on any atom is -0.382 e. The number of rotatable bonds is 5. The molecule has 2 amide bonds. The first kappa shape index (κ1) is 23.4. The molecule has 0 saturated carbocycles. The Morgan fingerprint density at radius 1 is 1.14 bits per heavy atom. The number of imidazole rings is 1. The smallest absolute Gasteiger partial charge is 0.298 e. The van der Waals surface area contributed by atoms with Crippen LogP contribution < -0.4 is 11.1 Å². The summed E-state index contributed by atoms with van der Waals surface area (Å²) in [5.74, 6) is 6.01. The number of nitrogens with zero attached hydrogens (tertiary/aromatic N) is 5. The average molecular weight is 468 g/mol. The van der Waals surface area contributed by atoms with E-state index in [2.05, 4.69) is 27.1 Å². The molecule has 9 nitrogen and oxygen atoms in total. The molecule has 1 unspecified atom stereocenters. The summed E-state index contributed by atoms with van der Waals surface area (Å²) in [5.41, 5.74) is 9.69. The van der Waals surface area contributed by atoms with Crippen LogP contribution >= 0.6 is 0 Å². The first-order valence-electron chi connectivity index (χ1n) is 11.0. The highest BCUT2D eigenvalue weighted by atomic mass is 16.2. The first-order valence-corrected chi connectivity index (χ1v) is 11.0. The van der Waals surface area contributed by atoms with Crippen molar-refractivity contribution in [1.82, 2.24) is 24.3 Å². The third kappa shape index (κ3) is 4.68. The molecule has 176 valence electrons. The van der Waals surface area contributed by atoms with Crippen LogP contribution in [0.4, 0.5) is 11.6 Å². The van der Waals surface area contributed by atoms with Crippen molar-refractivity contribution in [3.8, 4) is 23.1 Å².